The van der Waals surface area contributed by atoms with Crippen LogP contribution in [-0.2, 0) is 6.42 Å². The summed E-state index contributed by atoms with van der Waals surface area (Å²) < 4.78 is 21.1. The molecule has 3 aromatic carbocycles. The molecule has 1 saturated heterocycles. The van der Waals surface area contributed by atoms with Gasteiger partial charge in [0.05, 0.1) is 16.9 Å². The van der Waals surface area contributed by atoms with Gasteiger partial charge in [0, 0.05) is 32.7 Å². The molecule has 5 nitrogen and oxygen atoms in total. The molecule has 0 saturated carbocycles. The van der Waals surface area contributed by atoms with E-state index in [9.17, 15) is 9.18 Å². The average molecular weight is 417 g/mol. The predicted molar refractivity (Wildman–Crippen MR) is 120 cm³/mol. The van der Waals surface area contributed by atoms with Gasteiger partial charge in [-0.2, -0.15) is 0 Å². The molecular formula is C25H24FN3O2. The summed E-state index contributed by atoms with van der Waals surface area (Å²) in [6.45, 7) is 3.74. The molecule has 158 valence electrons. The molecule has 1 N–H and O–H groups in total. The van der Waals surface area contributed by atoms with Gasteiger partial charge in [-0.3, -0.25) is 4.79 Å². The second-order valence-corrected chi connectivity index (χ2v) is 7.77. The zero-order valence-electron chi connectivity index (χ0n) is 17.2. The molecule has 3 aromatic rings. The van der Waals surface area contributed by atoms with Gasteiger partial charge in [0.15, 0.2) is 17.3 Å². The van der Waals surface area contributed by atoms with Gasteiger partial charge < -0.3 is 19.9 Å². The summed E-state index contributed by atoms with van der Waals surface area (Å²) in [5.74, 6) is -0.113. The van der Waals surface area contributed by atoms with Gasteiger partial charge in [-0.15, -0.1) is 0 Å². The highest BCUT2D eigenvalue weighted by atomic mass is 19.1. The van der Waals surface area contributed by atoms with Crippen molar-refractivity contribution < 1.29 is 13.9 Å². The molecular weight excluding hydrogens is 393 g/mol. The van der Waals surface area contributed by atoms with Crippen LogP contribution < -0.4 is 19.9 Å². The fraction of sp³-hybridized carbons (Fsp3) is 0.240. The van der Waals surface area contributed by atoms with E-state index in [4.69, 9.17) is 4.74 Å². The molecule has 0 atom stereocenters. The second-order valence-electron chi connectivity index (χ2n) is 7.77. The molecule has 0 radical (unpaired) electrons. The SMILES string of the molecule is O=C1c2cccc(N3CCNCC3)c2Oc2c(F)cccc2N1CCc1ccccc1. The van der Waals surface area contributed by atoms with Crippen molar-refractivity contribution in [3.05, 3.63) is 83.7 Å². The standard InChI is InChI=1S/C25H24FN3O2/c26-20-9-5-11-22-24(20)31-23-19(8-4-10-21(23)28-16-13-27-14-17-28)25(30)29(22)15-12-18-6-2-1-3-7-18/h1-11,27H,12-17H2. The third-order valence-electron chi connectivity index (χ3n) is 5.84. The number of para-hydroxylation sites is 2. The van der Waals surface area contributed by atoms with E-state index in [0.717, 1.165) is 37.4 Å². The topological polar surface area (TPSA) is 44.8 Å². The normalized spacial score (nSPS) is 15.7. The Morgan fingerprint density at radius 1 is 0.871 bits per heavy atom. The molecule has 2 aliphatic heterocycles. The number of ether oxygens (including phenoxy) is 1. The number of carbonyl (C=O) groups is 1. The van der Waals surface area contributed by atoms with Gasteiger partial charge >= 0.3 is 0 Å². The first-order valence-corrected chi connectivity index (χ1v) is 10.6. The summed E-state index contributed by atoms with van der Waals surface area (Å²) in [4.78, 5) is 17.5. The summed E-state index contributed by atoms with van der Waals surface area (Å²) >= 11 is 0. The zero-order chi connectivity index (χ0) is 21.2. The van der Waals surface area contributed by atoms with Crippen LogP contribution >= 0.6 is 0 Å². The lowest BCUT2D eigenvalue weighted by atomic mass is 10.1. The first-order chi connectivity index (χ1) is 15.2. The molecule has 1 amide bonds. The summed E-state index contributed by atoms with van der Waals surface area (Å²) in [6.07, 6.45) is 0.662. The molecule has 0 bridgehead atoms. The van der Waals surface area contributed by atoms with Crippen molar-refractivity contribution in [2.24, 2.45) is 0 Å². The Morgan fingerprint density at radius 3 is 2.42 bits per heavy atom. The monoisotopic (exact) mass is 417 g/mol. The molecule has 31 heavy (non-hydrogen) atoms. The number of piperazine rings is 1. The largest absolute Gasteiger partial charge is 0.449 e. The molecule has 0 aliphatic carbocycles. The molecule has 0 unspecified atom stereocenters. The number of rotatable bonds is 4. The highest BCUT2D eigenvalue weighted by Crippen LogP contribution is 2.44. The predicted octanol–water partition coefficient (Wildman–Crippen LogP) is 4.23. The molecule has 1 fully saturated rings. The maximum atomic E-state index is 14.9. The molecule has 5 rings (SSSR count). The highest BCUT2D eigenvalue weighted by molar-refractivity contribution is 6.10. The summed E-state index contributed by atoms with van der Waals surface area (Å²) in [5.41, 5.74) is 2.86. The van der Waals surface area contributed by atoms with Gasteiger partial charge in [-0.05, 0) is 36.2 Å². The van der Waals surface area contributed by atoms with Crippen molar-refractivity contribution in [3.8, 4) is 11.5 Å². The number of nitrogens with one attached hydrogen (secondary N) is 1. The Labute approximate surface area is 181 Å². The van der Waals surface area contributed by atoms with Crippen LogP contribution in [0.3, 0.4) is 0 Å². The zero-order valence-corrected chi connectivity index (χ0v) is 17.2. The first-order valence-electron chi connectivity index (χ1n) is 10.6. The van der Waals surface area contributed by atoms with Crippen LogP contribution in [0.1, 0.15) is 15.9 Å². The van der Waals surface area contributed by atoms with E-state index in [1.807, 2.05) is 42.5 Å². The number of carbonyl (C=O) groups excluding carboxylic acids is 1. The Kier molecular flexibility index (Phi) is 5.30. The number of anilines is 2. The summed E-state index contributed by atoms with van der Waals surface area (Å²) in [7, 11) is 0. The van der Waals surface area contributed by atoms with Crippen LogP contribution in [0.5, 0.6) is 11.5 Å². The van der Waals surface area contributed by atoms with E-state index in [2.05, 4.69) is 10.2 Å². The van der Waals surface area contributed by atoms with Gasteiger partial charge in [0.1, 0.15) is 0 Å². The first kappa shape index (κ1) is 19.6. The lowest BCUT2D eigenvalue weighted by Gasteiger charge is -2.31. The molecule has 6 heteroatoms. The smallest absolute Gasteiger partial charge is 0.262 e. The Morgan fingerprint density at radius 2 is 1.61 bits per heavy atom. The Bertz CT molecular complexity index is 1100. The maximum absolute atomic E-state index is 14.9. The summed E-state index contributed by atoms with van der Waals surface area (Å²) in [5, 5.41) is 3.33. The minimum atomic E-state index is -0.474. The van der Waals surface area contributed by atoms with Crippen molar-refractivity contribution in [2.45, 2.75) is 6.42 Å². The fourth-order valence-electron chi connectivity index (χ4n) is 4.23. The van der Waals surface area contributed by atoms with E-state index in [0.29, 0.717) is 30.0 Å². The van der Waals surface area contributed by atoms with Gasteiger partial charge in [0.2, 0.25) is 0 Å². The fourth-order valence-corrected chi connectivity index (χ4v) is 4.23. The van der Waals surface area contributed by atoms with Crippen molar-refractivity contribution >= 4 is 17.3 Å². The molecule has 2 aliphatic rings. The Balaban J connectivity index is 1.57. The number of halogens is 1. The average Bonchev–Trinajstić information content (AvgIpc) is 2.94. The van der Waals surface area contributed by atoms with E-state index < -0.39 is 5.82 Å². The van der Waals surface area contributed by atoms with Crippen LogP contribution in [0.2, 0.25) is 0 Å². The molecule has 0 aromatic heterocycles. The number of hydrogen-bond acceptors (Lipinski definition) is 4. The minimum absolute atomic E-state index is 0.102. The number of hydrogen-bond donors (Lipinski definition) is 1. The van der Waals surface area contributed by atoms with Crippen molar-refractivity contribution in [1.29, 1.82) is 0 Å². The van der Waals surface area contributed by atoms with E-state index in [1.54, 1.807) is 23.1 Å². The van der Waals surface area contributed by atoms with Gasteiger partial charge in [-0.1, -0.05) is 42.5 Å². The number of benzene rings is 3. The number of nitrogens with zero attached hydrogens (tertiary/aromatic N) is 2. The third kappa shape index (κ3) is 3.75. The van der Waals surface area contributed by atoms with Crippen molar-refractivity contribution in [1.82, 2.24) is 5.32 Å². The van der Waals surface area contributed by atoms with Crippen molar-refractivity contribution in [2.75, 3.05) is 42.5 Å². The lowest BCUT2D eigenvalue weighted by molar-refractivity contribution is 0.0987. The van der Waals surface area contributed by atoms with Crippen LogP contribution in [0, 0.1) is 5.82 Å². The number of fused-ring (bicyclic) bond motifs is 2. The summed E-state index contributed by atoms with van der Waals surface area (Å²) in [6, 6.07) is 20.3. The van der Waals surface area contributed by atoms with Crippen LogP contribution in [0.4, 0.5) is 15.8 Å². The second kappa shape index (κ2) is 8.40. The van der Waals surface area contributed by atoms with E-state index >= 15 is 0 Å². The molecule has 2 heterocycles. The van der Waals surface area contributed by atoms with Gasteiger partial charge in [-0.25, -0.2) is 4.39 Å². The quantitative estimate of drug-likeness (QED) is 0.690. The van der Waals surface area contributed by atoms with Crippen LogP contribution in [0.15, 0.2) is 66.7 Å². The van der Waals surface area contributed by atoms with Crippen LogP contribution in [0.25, 0.3) is 0 Å². The van der Waals surface area contributed by atoms with Crippen molar-refractivity contribution in [3.63, 3.8) is 0 Å². The number of amides is 1. The van der Waals surface area contributed by atoms with E-state index in [-0.39, 0.29) is 11.7 Å². The minimum Gasteiger partial charge on any atom is -0.449 e. The van der Waals surface area contributed by atoms with Gasteiger partial charge in [0.25, 0.3) is 5.91 Å². The Hall–Kier alpha value is -3.38. The van der Waals surface area contributed by atoms with Crippen LogP contribution in [-0.4, -0.2) is 38.6 Å². The van der Waals surface area contributed by atoms with E-state index in [1.165, 1.54) is 6.07 Å². The third-order valence-corrected chi connectivity index (χ3v) is 5.84. The lowest BCUT2D eigenvalue weighted by Crippen LogP contribution is -2.43. The maximum Gasteiger partial charge on any atom is 0.262 e. The highest BCUT2D eigenvalue weighted by Gasteiger charge is 2.32. The molecule has 0 spiro atoms.